The number of pyridine rings is 1. The third kappa shape index (κ3) is 9.53. The van der Waals surface area contributed by atoms with Gasteiger partial charge in [0.05, 0.1) is 17.7 Å². The van der Waals surface area contributed by atoms with Gasteiger partial charge < -0.3 is 19.4 Å². The average molecular weight is 596 g/mol. The molecule has 1 atom stereocenters. The van der Waals surface area contributed by atoms with Crippen LogP contribution in [0.25, 0.3) is 10.8 Å². The third-order valence-electron chi connectivity index (χ3n) is 6.26. The number of halogens is 2. The van der Waals surface area contributed by atoms with Gasteiger partial charge in [-0.25, -0.2) is 18.7 Å². The minimum atomic E-state index is -4.72. The van der Waals surface area contributed by atoms with Gasteiger partial charge in [-0.1, -0.05) is 61.8 Å². The molecule has 3 N–H and O–H groups in total. The highest BCUT2D eigenvalue weighted by Gasteiger charge is 2.31. The first-order valence-electron chi connectivity index (χ1n) is 12.4. The first-order valence-corrected chi connectivity index (χ1v) is 14.3. The van der Waals surface area contributed by atoms with Crippen LogP contribution in [0.1, 0.15) is 32.3 Å². The van der Waals surface area contributed by atoms with Gasteiger partial charge >= 0.3 is 13.9 Å². The van der Waals surface area contributed by atoms with E-state index < -0.39 is 31.2 Å². The van der Waals surface area contributed by atoms with E-state index in [1.807, 2.05) is 24.3 Å². The van der Waals surface area contributed by atoms with Crippen molar-refractivity contribution < 1.29 is 37.6 Å². The van der Waals surface area contributed by atoms with Gasteiger partial charge in [0, 0.05) is 25.1 Å². The summed E-state index contributed by atoms with van der Waals surface area (Å²) in [6.07, 6.45) is 1.20. The number of aryl methyl sites for hydroxylation is 1. The monoisotopic (exact) mass is 595 g/mol. The Hall–Kier alpha value is -3.08. The largest absolute Gasteiger partial charge is 0.469 e. The van der Waals surface area contributed by atoms with E-state index in [2.05, 4.69) is 14.8 Å². The SMILES string of the molecule is CN(C(=O)CCc1cccc(F)c1Cl)[C@H](COC(=O)Nc1cc2ccccc2cn1)CC(C)(C)COP(=O)(O)O. The molecule has 0 saturated carbocycles. The molecule has 0 aliphatic rings. The smallest absolute Gasteiger partial charge is 0.447 e. The normalized spacial score (nSPS) is 12.7. The molecule has 0 fully saturated rings. The van der Waals surface area contributed by atoms with Gasteiger partial charge in [-0.15, -0.1) is 0 Å². The molecule has 3 aromatic rings. The fourth-order valence-electron chi connectivity index (χ4n) is 4.09. The van der Waals surface area contributed by atoms with Crippen LogP contribution in [0.15, 0.2) is 54.7 Å². The number of hydrogen-bond acceptors (Lipinski definition) is 6. The molecule has 216 valence electrons. The number of fused-ring (bicyclic) bond motifs is 1. The van der Waals surface area contributed by atoms with Crippen LogP contribution < -0.4 is 5.32 Å². The van der Waals surface area contributed by atoms with Crippen molar-refractivity contribution in [1.29, 1.82) is 0 Å². The molecule has 3 rings (SSSR count). The van der Waals surface area contributed by atoms with Crippen LogP contribution in [0.5, 0.6) is 0 Å². The summed E-state index contributed by atoms with van der Waals surface area (Å²) in [6, 6.07) is 12.9. The summed E-state index contributed by atoms with van der Waals surface area (Å²) >= 11 is 6.01. The number of rotatable bonds is 12. The van der Waals surface area contributed by atoms with Crippen LogP contribution in [0.4, 0.5) is 15.0 Å². The first kappa shape index (κ1) is 31.4. The number of nitrogens with one attached hydrogen (secondary N) is 1. The highest BCUT2D eigenvalue weighted by Crippen LogP contribution is 2.39. The van der Waals surface area contributed by atoms with Crippen molar-refractivity contribution in [1.82, 2.24) is 9.88 Å². The summed E-state index contributed by atoms with van der Waals surface area (Å²) in [7, 11) is -3.18. The number of carbonyl (C=O) groups excluding carboxylic acids is 2. The Morgan fingerprint density at radius 1 is 1.18 bits per heavy atom. The molecule has 0 spiro atoms. The number of phosphoric acid groups is 1. The molecule has 0 radical (unpaired) electrons. The van der Waals surface area contributed by atoms with E-state index in [-0.39, 0.29) is 49.2 Å². The van der Waals surface area contributed by atoms with Gasteiger partial charge in [0.25, 0.3) is 0 Å². The summed E-state index contributed by atoms with van der Waals surface area (Å²) < 4.78 is 35.1. The van der Waals surface area contributed by atoms with Crippen molar-refractivity contribution in [2.24, 2.45) is 5.41 Å². The Bertz CT molecular complexity index is 1400. The van der Waals surface area contributed by atoms with Gasteiger partial charge in [0.1, 0.15) is 18.2 Å². The average Bonchev–Trinajstić information content (AvgIpc) is 2.89. The molecule has 1 heterocycles. The number of amides is 2. The molecule has 0 bridgehead atoms. The third-order valence-corrected chi connectivity index (χ3v) is 7.15. The van der Waals surface area contributed by atoms with Gasteiger partial charge in [-0.05, 0) is 41.3 Å². The van der Waals surface area contributed by atoms with Crippen molar-refractivity contribution in [2.75, 3.05) is 25.6 Å². The summed E-state index contributed by atoms with van der Waals surface area (Å²) in [5, 5.41) is 4.30. The summed E-state index contributed by atoms with van der Waals surface area (Å²) in [4.78, 5) is 49.5. The van der Waals surface area contributed by atoms with E-state index in [9.17, 15) is 18.5 Å². The maximum atomic E-state index is 13.8. The van der Waals surface area contributed by atoms with E-state index in [1.54, 1.807) is 32.2 Å². The zero-order chi connectivity index (χ0) is 29.5. The Kier molecular flexibility index (Phi) is 10.6. The van der Waals surface area contributed by atoms with Crippen LogP contribution in [0.3, 0.4) is 0 Å². The van der Waals surface area contributed by atoms with Crippen molar-refractivity contribution in [3.05, 3.63) is 71.1 Å². The zero-order valence-corrected chi connectivity index (χ0v) is 24.0. The molecular weight excluding hydrogens is 564 g/mol. The van der Waals surface area contributed by atoms with Crippen molar-refractivity contribution in [3.8, 4) is 0 Å². The molecule has 0 aliphatic carbocycles. The fraction of sp³-hybridized carbons (Fsp3) is 0.370. The fourth-order valence-corrected chi connectivity index (χ4v) is 4.83. The van der Waals surface area contributed by atoms with Crippen LogP contribution >= 0.6 is 19.4 Å². The van der Waals surface area contributed by atoms with Gasteiger partial charge in [0.15, 0.2) is 0 Å². The molecule has 0 saturated heterocycles. The van der Waals surface area contributed by atoms with Gasteiger partial charge in [0.2, 0.25) is 5.91 Å². The van der Waals surface area contributed by atoms with Crippen molar-refractivity contribution >= 4 is 48.0 Å². The summed E-state index contributed by atoms with van der Waals surface area (Å²) in [5.74, 6) is -0.616. The Morgan fingerprint density at radius 3 is 2.58 bits per heavy atom. The number of anilines is 1. The maximum absolute atomic E-state index is 13.8. The Balaban J connectivity index is 1.68. The molecule has 40 heavy (non-hydrogen) atoms. The Labute approximate surface area is 236 Å². The highest BCUT2D eigenvalue weighted by molar-refractivity contribution is 7.46. The quantitative estimate of drug-likeness (QED) is 0.231. The van der Waals surface area contributed by atoms with E-state index in [4.69, 9.17) is 26.1 Å². The molecular formula is C27H32ClFN3O7P. The topological polar surface area (TPSA) is 138 Å². The second kappa shape index (κ2) is 13.5. The number of benzene rings is 2. The lowest BCUT2D eigenvalue weighted by Gasteiger charge is -2.34. The number of phosphoric ester groups is 1. The summed E-state index contributed by atoms with van der Waals surface area (Å²) in [5.41, 5.74) is -0.333. The highest BCUT2D eigenvalue weighted by atomic mass is 35.5. The lowest BCUT2D eigenvalue weighted by Crippen LogP contribution is -2.44. The lowest BCUT2D eigenvalue weighted by molar-refractivity contribution is -0.133. The number of nitrogens with zero attached hydrogens (tertiary/aromatic N) is 2. The van der Waals surface area contributed by atoms with E-state index >= 15 is 0 Å². The number of ether oxygens (including phenoxy) is 1. The van der Waals surface area contributed by atoms with Crippen LogP contribution in [-0.4, -0.2) is 58.0 Å². The van der Waals surface area contributed by atoms with Gasteiger partial charge in [-0.3, -0.25) is 14.6 Å². The maximum Gasteiger partial charge on any atom is 0.469 e. The number of carbonyl (C=O) groups is 2. The number of likely N-dealkylation sites (N-methyl/N-ethyl adjacent to an activating group) is 1. The minimum Gasteiger partial charge on any atom is -0.447 e. The van der Waals surface area contributed by atoms with Crippen LogP contribution in [0.2, 0.25) is 5.02 Å². The predicted molar refractivity (Wildman–Crippen MR) is 149 cm³/mol. The number of aromatic nitrogens is 1. The van der Waals surface area contributed by atoms with Crippen molar-refractivity contribution in [2.45, 2.75) is 39.2 Å². The first-order chi connectivity index (χ1) is 18.7. The molecule has 13 heteroatoms. The molecule has 2 amide bonds. The standard InChI is InChI=1S/C27H32ClFN3O7P/c1-27(2,17-39-40(35,36)37)14-21(32(3)24(33)12-11-18-9-6-10-22(29)25(18)28)16-38-26(34)31-23-13-19-7-4-5-8-20(19)15-30-23/h4-10,13,15,21H,11-12,14,16-17H2,1-3H3,(H,30,31,34)(H2,35,36,37)/t21-/m0/s1. The van der Waals surface area contributed by atoms with E-state index in [0.29, 0.717) is 5.56 Å². The van der Waals surface area contributed by atoms with E-state index in [1.165, 1.54) is 24.1 Å². The molecule has 0 aliphatic heterocycles. The van der Waals surface area contributed by atoms with Crippen LogP contribution in [0, 0.1) is 11.2 Å². The predicted octanol–water partition coefficient (Wildman–Crippen LogP) is 5.56. The zero-order valence-electron chi connectivity index (χ0n) is 22.3. The van der Waals surface area contributed by atoms with Crippen LogP contribution in [-0.2, 0) is 25.0 Å². The molecule has 10 nitrogen and oxygen atoms in total. The van der Waals surface area contributed by atoms with E-state index in [0.717, 1.165) is 10.8 Å². The second-order valence-electron chi connectivity index (χ2n) is 10.1. The minimum absolute atomic E-state index is 0.00277. The molecule has 1 aromatic heterocycles. The second-order valence-corrected chi connectivity index (χ2v) is 11.8. The van der Waals surface area contributed by atoms with Gasteiger partial charge in [-0.2, -0.15) is 0 Å². The molecule has 0 unspecified atom stereocenters. The Morgan fingerprint density at radius 2 is 1.88 bits per heavy atom. The number of hydrogen-bond donors (Lipinski definition) is 3. The van der Waals surface area contributed by atoms with Crippen molar-refractivity contribution in [3.63, 3.8) is 0 Å². The molecule has 2 aromatic carbocycles. The lowest BCUT2D eigenvalue weighted by atomic mass is 9.86. The summed E-state index contributed by atoms with van der Waals surface area (Å²) in [6.45, 7) is 2.89.